The van der Waals surface area contributed by atoms with Crippen LogP contribution in [0.25, 0.3) is 0 Å². The molecule has 0 saturated carbocycles. The van der Waals surface area contributed by atoms with Gasteiger partial charge in [-0.05, 0) is 63.8 Å². The summed E-state index contributed by atoms with van der Waals surface area (Å²) in [5.41, 5.74) is 2.64. The molecule has 8 aromatic heterocycles. The highest BCUT2D eigenvalue weighted by Gasteiger charge is 2.25. The van der Waals surface area contributed by atoms with Gasteiger partial charge in [0.05, 0.1) is 28.4 Å². The Kier molecular flexibility index (Phi) is 21.1. The first-order chi connectivity index (χ1) is 44.1. The van der Waals surface area contributed by atoms with Gasteiger partial charge >= 0.3 is 0 Å². The Hall–Kier alpha value is -11.8. The smallest absolute Gasteiger partial charge is 0.292 e. The second-order valence-corrected chi connectivity index (χ2v) is 22.1. The molecule has 0 radical (unpaired) electrons. The van der Waals surface area contributed by atoms with Crippen molar-refractivity contribution in [2.45, 2.75) is 32.6 Å². The van der Waals surface area contributed by atoms with Gasteiger partial charge in [0.25, 0.3) is 47.3 Å². The SMILES string of the molecule is CC(=O)Nc1cc(C(=O)Nc2cc(C(=O)Nc3cn(C)c(C(=O)Nc4cc(C(=O)NCCCC(=O)Nc5cc(C(=O)Nc6cc(C(=O)Nc7cn(C)c(C(=O)Nc8cn(C)c(C(=O)NCCC(=O)NCCCN(C)C)n8)n7)n(C)c6)n(C)c5)n(C)c4)n3)n(C)c2)n(C)c1. The van der Waals surface area contributed by atoms with E-state index in [0.717, 1.165) is 13.0 Å². The number of rotatable bonds is 27. The van der Waals surface area contributed by atoms with E-state index in [1.165, 1.54) is 100 Å². The third-order valence-electron chi connectivity index (χ3n) is 14.1. The topological polar surface area (TPSA) is 401 Å². The van der Waals surface area contributed by atoms with Crippen LogP contribution in [0.5, 0.6) is 0 Å². The number of carbonyl (C=O) groups excluding carboxylic acids is 11. The maximum atomic E-state index is 13.5. The molecule has 11 amide bonds. The minimum atomic E-state index is -0.680. The van der Waals surface area contributed by atoms with E-state index < -0.39 is 47.3 Å². The summed E-state index contributed by atoms with van der Waals surface area (Å²) >= 11 is 0. The number of hydrogen-bond acceptors (Lipinski definition) is 15. The molecular formula is C59H73N23O11. The van der Waals surface area contributed by atoms with Crippen LogP contribution in [0, 0.1) is 0 Å². The Morgan fingerprint density at radius 3 is 1.10 bits per heavy atom. The maximum Gasteiger partial charge on any atom is 0.292 e. The molecule has 490 valence electrons. The van der Waals surface area contributed by atoms with Crippen LogP contribution in [0.15, 0.2) is 79.9 Å². The Labute approximate surface area is 531 Å². The van der Waals surface area contributed by atoms with Gasteiger partial charge in [0.1, 0.15) is 28.5 Å². The van der Waals surface area contributed by atoms with E-state index in [2.05, 4.69) is 73.4 Å². The lowest BCUT2D eigenvalue weighted by Gasteiger charge is -2.10. The van der Waals surface area contributed by atoms with Gasteiger partial charge in [-0.15, -0.1) is 0 Å². The summed E-state index contributed by atoms with van der Waals surface area (Å²) in [6, 6.07) is 7.38. The number of aromatic nitrogens is 11. The molecular weight excluding hydrogens is 1210 g/mol. The third kappa shape index (κ3) is 17.3. The van der Waals surface area contributed by atoms with Crippen LogP contribution in [0.1, 0.15) is 117 Å². The number of aryl methyl sites for hydroxylation is 8. The largest absolute Gasteiger partial charge is 0.356 e. The minimum absolute atomic E-state index is 0.00273. The van der Waals surface area contributed by atoms with Crippen molar-refractivity contribution in [3.63, 3.8) is 0 Å². The monoisotopic (exact) mass is 1280 g/mol. The molecule has 0 saturated heterocycles. The fourth-order valence-electron chi connectivity index (χ4n) is 9.66. The maximum absolute atomic E-state index is 13.5. The molecule has 34 nitrogen and oxygen atoms in total. The van der Waals surface area contributed by atoms with Gasteiger partial charge in [-0.2, -0.15) is 0 Å². The fourth-order valence-corrected chi connectivity index (χ4v) is 9.66. The van der Waals surface area contributed by atoms with Crippen molar-refractivity contribution < 1.29 is 52.7 Å². The number of nitrogens with zero attached hydrogens (tertiary/aromatic N) is 12. The van der Waals surface area contributed by atoms with Crippen LogP contribution >= 0.6 is 0 Å². The molecule has 93 heavy (non-hydrogen) atoms. The van der Waals surface area contributed by atoms with Crippen LogP contribution in [-0.4, -0.2) is 162 Å². The van der Waals surface area contributed by atoms with E-state index in [-0.39, 0.29) is 125 Å². The first-order valence-electron chi connectivity index (χ1n) is 28.9. The number of anilines is 8. The van der Waals surface area contributed by atoms with E-state index in [9.17, 15) is 52.7 Å². The molecule has 11 N–H and O–H groups in total. The minimum Gasteiger partial charge on any atom is -0.356 e. The lowest BCUT2D eigenvalue weighted by Crippen LogP contribution is -2.32. The molecule has 0 aliphatic rings. The van der Waals surface area contributed by atoms with E-state index in [4.69, 9.17) is 0 Å². The second kappa shape index (κ2) is 29.2. The van der Waals surface area contributed by atoms with Gasteiger partial charge in [-0.1, -0.05) is 0 Å². The zero-order valence-electron chi connectivity index (χ0n) is 53.0. The summed E-state index contributed by atoms with van der Waals surface area (Å²) in [7, 11) is 16.7. The summed E-state index contributed by atoms with van der Waals surface area (Å²) in [5.74, 6) is -5.36. The number of nitrogens with one attached hydrogen (secondary N) is 11. The lowest BCUT2D eigenvalue weighted by atomic mass is 10.2. The highest BCUT2D eigenvalue weighted by molar-refractivity contribution is 6.10. The molecule has 0 aliphatic heterocycles. The number of amides is 11. The zero-order chi connectivity index (χ0) is 67.5. The normalized spacial score (nSPS) is 11.0. The number of hydrogen-bond donors (Lipinski definition) is 11. The Balaban J connectivity index is 0.747. The summed E-state index contributed by atoms with van der Waals surface area (Å²) in [6.45, 7) is 2.91. The van der Waals surface area contributed by atoms with Crippen LogP contribution in [0.4, 0.5) is 45.9 Å². The van der Waals surface area contributed by atoms with Crippen LogP contribution in [-0.2, 0) is 70.8 Å². The van der Waals surface area contributed by atoms with Gasteiger partial charge in [0.15, 0.2) is 17.5 Å². The molecule has 0 atom stereocenters. The summed E-state index contributed by atoms with van der Waals surface area (Å²) in [4.78, 5) is 157. The number of carbonyl (C=O) groups is 11. The van der Waals surface area contributed by atoms with Crippen LogP contribution < -0.4 is 58.5 Å². The average Bonchev–Trinajstić information content (AvgIpc) is 1.77. The average molecular weight is 1280 g/mol. The molecule has 0 aromatic carbocycles. The Bertz CT molecular complexity index is 4210. The van der Waals surface area contributed by atoms with E-state index in [0.29, 0.717) is 23.6 Å². The fraction of sp³-hybridized carbons (Fsp3) is 0.322. The van der Waals surface area contributed by atoms with Crippen molar-refractivity contribution in [3.05, 3.63) is 126 Å². The van der Waals surface area contributed by atoms with Gasteiger partial charge in [-0.25, -0.2) is 15.0 Å². The first kappa shape index (κ1) is 67.1. The molecule has 0 fully saturated rings. The molecule has 34 heteroatoms. The van der Waals surface area contributed by atoms with Crippen LogP contribution in [0.2, 0.25) is 0 Å². The quantitative estimate of drug-likeness (QED) is 0.0329. The van der Waals surface area contributed by atoms with Crippen molar-refractivity contribution in [3.8, 4) is 0 Å². The highest BCUT2D eigenvalue weighted by Crippen LogP contribution is 2.23. The molecule has 8 aromatic rings. The van der Waals surface area contributed by atoms with Crippen molar-refractivity contribution in [2.75, 3.05) is 82.8 Å². The lowest BCUT2D eigenvalue weighted by molar-refractivity contribution is -0.121. The second-order valence-electron chi connectivity index (χ2n) is 22.1. The van der Waals surface area contributed by atoms with E-state index >= 15 is 0 Å². The van der Waals surface area contributed by atoms with Crippen molar-refractivity contribution in [2.24, 2.45) is 56.4 Å². The van der Waals surface area contributed by atoms with Gasteiger partial charge in [-0.3, -0.25) is 52.7 Å². The molecule has 0 aliphatic carbocycles. The van der Waals surface area contributed by atoms with Gasteiger partial charge < -0.3 is 99.9 Å². The molecule has 0 bridgehead atoms. The van der Waals surface area contributed by atoms with Crippen molar-refractivity contribution in [1.82, 2.24) is 72.3 Å². The van der Waals surface area contributed by atoms with E-state index in [1.807, 2.05) is 19.0 Å². The van der Waals surface area contributed by atoms with Crippen LogP contribution in [0.3, 0.4) is 0 Å². The van der Waals surface area contributed by atoms with E-state index in [1.54, 1.807) is 79.5 Å². The first-order valence-corrected chi connectivity index (χ1v) is 28.9. The predicted molar refractivity (Wildman–Crippen MR) is 342 cm³/mol. The van der Waals surface area contributed by atoms with Gasteiger partial charge in [0, 0.05) is 145 Å². The summed E-state index contributed by atoms with van der Waals surface area (Å²) < 4.78 is 11.8. The van der Waals surface area contributed by atoms with Crippen molar-refractivity contribution >= 4 is 111 Å². The van der Waals surface area contributed by atoms with Crippen molar-refractivity contribution in [1.29, 1.82) is 0 Å². The molecule has 8 rings (SSSR count). The van der Waals surface area contributed by atoms with Gasteiger partial charge in [0.2, 0.25) is 35.2 Å². The zero-order valence-corrected chi connectivity index (χ0v) is 53.0. The Morgan fingerprint density at radius 2 is 0.677 bits per heavy atom. The molecule has 0 unspecified atom stereocenters. The highest BCUT2D eigenvalue weighted by atomic mass is 16.2. The standard InChI is InChI=1S/C59H73N23O11/c1-33(83)63-34-20-40(76(5)25-34)53(87)65-36-23-42(78(7)27-36)55(89)71-44-30-81(10)50(69-44)58(92)67-38-22-39(75(4)29-38)52(86)61-16-12-14-48(85)64-35-21-41(77(6)26-35)54(88)66-37-24-43(79(8)28-37)56(90)72-45-31-82(11)51(70-45)59(93)73-46-32-80(9)49(68-46)57(91)62-18-15-47(84)60-17-13-19-74(2)3/h20-32H,12-19H2,1-11H3,(H,60,84)(H,61,86)(H,62,91)(H,63,83)(H,64,85)(H,65,87)(H,66,88)(H,67,92)(H,71,89)(H,72,90)(H,73,93). The third-order valence-corrected chi connectivity index (χ3v) is 14.1. The summed E-state index contributed by atoms with van der Waals surface area (Å²) in [5, 5.41) is 29.8. The predicted octanol–water partition coefficient (Wildman–Crippen LogP) is 2.39. The summed E-state index contributed by atoms with van der Waals surface area (Å²) in [6.07, 6.45) is 13.2. The number of imidazole rings is 3. The molecule has 0 spiro atoms. The Morgan fingerprint density at radius 1 is 0.344 bits per heavy atom. The molecule has 8 heterocycles.